The van der Waals surface area contributed by atoms with Crippen LogP contribution in [0.15, 0.2) is 65.6 Å². The molecule has 0 aromatic heterocycles. The van der Waals surface area contributed by atoms with Crippen LogP contribution in [-0.2, 0) is 21.4 Å². The van der Waals surface area contributed by atoms with Gasteiger partial charge < -0.3 is 10.6 Å². The lowest BCUT2D eigenvalue weighted by Crippen LogP contribution is -2.39. The second-order valence-electron chi connectivity index (χ2n) is 7.77. The second-order valence-corrected chi connectivity index (χ2v) is 10.1. The van der Waals surface area contributed by atoms with Crippen molar-refractivity contribution in [1.29, 1.82) is 5.41 Å². The van der Waals surface area contributed by atoms with E-state index in [2.05, 4.69) is 0 Å². The molecule has 1 amide bonds. The highest BCUT2D eigenvalue weighted by atomic mass is 35.5. The number of carbonyl (C=O) groups excluding carboxylic acids is 1. The minimum absolute atomic E-state index is 0.0139. The Hall–Kier alpha value is -2.94. The number of hydrogen-bond donors (Lipinski definition) is 2. The molecule has 1 heterocycles. The topological polar surface area (TPSA) is 108 Å². The van der Waals surface area contributed by atoms with Gasteiger partial charge in [-0.25, -0.2) is 8.42 Å². The van der Waals surface area contributed by atoms with Gasteiger partial charge in [-0.2, -0.15) is 4.31 Å². The minimum atomic E-state index is -3.82. The first kappa shape index (κ1) is 22.3. The highest BCUT2D eigenvalue weighted by Crippen LogP contribution is 2.25. The lowest BCUT2D eigenvalue weighted by molar-refractivity contribution is -0.131. The van der Waals surface area contributed by atoms with Crippen LogP contribution < -0.4 is 5.73 Å². The van der Waals surface area contributed by atoms with Gasteiger partial charge in [0.1, 0.15) is 5.84 Å². The first-order chi connectivity index (χ1) is 15.2. The highest BCUT2D eigenvalue weighted by molar-refractivity contribution is 7.89. The summed E-state index contributed by atoms with van der Waals surface area (Å²) < 4.78 is 27.8. The molecule has 32 heavy (non-hydrogen) atoms. The number of rotatable bonds is 5. The zero-order chi connectivity index (χ0) is 22.9. The van der Waals surface area contributed by atoms with Crippen molar-refractivity contribution in [3.8, 4) is 0 Å². The predicted octanol–water partition coefficient (Wildman–Crippen LogP) is 3.20. The molecular weight excluding hydrogens is 448 g/mol. The average Bonchev–Trinajstić information content (AvgIpc) is 2.95. The van der Waals surface area contributed by atoms with Crippen LogP contribution in [0.4, 0.5) is 0 Å². The van der Waals surface area contributed by atoms with Crippen LogP contribution in [0, 0.1) is 5.41 Å². The molecule has 1 saturated heterocycles. The van der Waals surface area contributed by atoms with Crippen LogP contribution in [0.1, 0.15) is 17.5 Å². The Bertz CT molecular complexity index is 1290. The molecule has 7 nitrogen and oxygen atoms in total. The molecular formula is C23H23ClN4O3S. The number of nitrogen functional groups attached to an aromatic ring is 1. The van der Waals surface area contributed by atoms with E-state index in [9.17, 15) is 13.2 Å². The van der Waals surface area contributed by atoms with Crippen molar-refractivity contribution < 1.29 is 13.2 Å². The summed E-state index contributed by atoms with van der Waals surface area (Å²) in [5, 5.41) is 9.68. The van der Waals surface area contributed by atoms with E-state index in [1.54, 1.807) is 53.4 Å². The molecule has 9 heteroatoms. The van der Waals surface area contributed by atoms with Crippen LogP contribution in [-0.4, -0.2) is 49.0 Å². The third-order valence-electron chi connectivity index (χ3n) is 5.55. The summed E-state index contributed by atoms with van der Waals surface area (Å²) >= 11 is 6.01. The Morgan fingerprint density at radius 2 is 1.69 bits per heavy atom. The molecule has 0 atom stereocenters. The van der Waals surface area contributed by atoms with E-state index in [0.29, 0.717) is 30.1 Å². The Balaban J connectivity index is 1.51. The molecule has 3 aromatic carbocycles. The quantitative estimate of drug-likeness (QED) is 0.441. The van der Waals surface area contributed by atoms with Crippen LogP contribution >= 0.6 is 11.6 Å². The zero-order valence-electron chi connectivity index (χ0n) is 17.3. The van der Waals surface area contributed by atoms with Gasteiger partial charge in [0.15, 0.2) is 0 Å². The fourth-order valence-electron chi connectivity index (χ4n) is 3.78. The fourth-order valence-corrected chi connectivity index (χ4v) is 5.42. The summed E-state index contributed by atoms with van der Waals surface area (Å²) in [4.78, 5) is 14.7. The Labute approximate surface area is 191 Å². The van der Waals surface area contributed by atoms with Crippen molar-refractivity contribution >= 4 is 44.1 Å². The number of amidine groups is 1. The number of nitrogens with one attached hydrogen (secondary N) is 1. The van der Waals surface area contributed by atoms with Gasteiger partial charge >= 0.3 is 0 Å². The minimum Gasteiger partial charge on any atom is -0.384 e. The molecule has 1 fully saturated rings. The van der Waals surface area contributed by atoms with E-state index in [1.807, 2.05) is 12.1 Å². The zero-order valence-corrected chi connectivity index (χ0v) is 18.9. The van der Waals surface area contributed by atoms with Crippen LogP contribution in [0.2, 0.25) is 5.02 Å². The average molecular weight is 471 g/mol. The second kappa shape index (κ2) is 8.90. The smallest absolute Gasteiger partial charge is 0.243 e. The van der Waals surface area contributed by atoms with E-state index in [0.717, 1.165) is 16.3 Å². The summed E-state index contributed by atoms with van der Waals surface area (Å²) in [5.41, 5.74) is 7.00. The van der Waals surface area contributed by atoms with E-state index in [-0.39, 0.29) is 29.7 Å². The molecule has 1 aliphatic heterocycles. The van der Waals surface area contributed by atoms with Crippen molar-refractivity contribution in [3.63, 3.8) is 0 Å². The number of hydrogen-bond acceptors (Lipinski definition) is 4. The van der Waals surface area contributed by atoms with Gasteiger partial charge in [-0.1, -0.05) is 48.0 Å². The van der Waals surface area contributed by atoms with Gasteiger partial charge in [0, 0.05) is 30.2 Å². The van der Waals surface area contributed by atoms with Crippen LogP contribution in [0.3, 0.4) is 0 Å². The van der Waals surface area contributed by atoms with E-state index in [4.69, 9.17) is 22.7 Å². The Morgan fingerprint density at radius 3 is 2.41 bits per heavy atom. The number of amides is 1. The van der Waals surface area contributed by atoms with Crippen LogP contribution in [0.25, 0.3) is 10.8 Å². The van der Waals surface area contributed by atoms with Crippen molar-refractivity contribution in [1.82, 2.24) is 9.21 Å². The third kappa shape index (κ3) is 4.62. The maximum Gasteiger partial charge on any atom is 0.243 e. The standard InChI is InChI=1S/C23H23ClN4O3S/c24-20-8-6-19-13-21(9-7-18(19)12-20)32(30,31)28-11-1-10-27(22(29)15-28)14-16-2-4-17(5-3-16)23(25)26/h2-9,12-13H,1,10-11,14-15H2,(H3,25,26). The molecule has 0 bridgehead atoms. The first-order valence-electron chi connectivity index (χ1n) is 10.1. The Kier molecular flexibility index (Phi) is 6.19. The summed E-state index contributed by atoms with van der Waals surface area (Å²) in [6, 6.07) is 17.3. The molecule has 0 aliphatic carbocycles. The summed E-state index contributed by atoms with van der Waals surface area (Å²) in [6.45, 7) is 0.913. The molecule has 0 radical (unpaired) electrons. The molecule has 0 saturated carbocycles. The largest absolute Gasteiger partial charge is 0.384 e. The molecule has 0 spiro atoms. The number of sulfonamides is 1. The van der Waals surface area contributed by atoms with Gasteiger partial charge in [0.05, 0.1) is 11.4 Å². The lowest BCUT2D eigenvalue weighted by Gasteiger charge is -2.22. The van der Waals surface area contributed by atoms with Gasteiger partial charge in [-0.05, 0) is 47.0 Å². The summed E-state index contributed by atoms with van der Waals surface area (Å²) in [5.74, 6) is -0.255. The lowest BCUT2D eigenvalue weighted by atomic mass is 10.1. The molecule has 3 N–H and O–H groups in total. The molecule has 3 aromatic rings. The number of nitrogens with zero attached hydrogens (tertiary/aromatic N) is 2. The van der Waals surface area contributed by atoms with Crippen molar-refractivity contribution in [2.45, 2.75) is 17.9 Å². The molecule has 4 rings (SSSR count). The SMILES string of the molecule is N=C(N)c1ccc(CN2CCCN(S(=O)(=O)c3ccc4cc(Cl)ccc4c3)CC2=O)cc1. The predicted molar refractivity (Wildman–Crippen MR) is 125 cm³/mol. The maximum absolute atomic E-state index is 13.3. The van der Waals surface area contributed by atoms with Gasteiger partial charge in [-0.15, -0.1) is 0 Å². The van der Waals surface area contributed by atoms with E-state index in [1.165, 1.54) is 4.31 Å². The van der Waals surface area contributed by atoms with Crippen molar-refractivity contribution in [2.75, 3.05) is 19.6 Å². The third-order valence-corrected chi connectivity index (χ3v) is 7.63. The maximum atomic E-state index is 13.3. The summed E-state index contributed by atoms with van der Waals surface area (Å²) in [7, 11) is -3.82. The van der Waals surface area contributed by atoms with Gasteiger partial charge in [0.25, 0.3) is 0 Å². The van der Waals surface area contributed by atoms with E-state index < -0.39 is 10.0 Å². The number of carbonyl (C=O) groups is 1. The number of benzene rings is 3. The van der Waals surface area contributed by atoms with Crippen molar-refractivity contribution in [3.05, 3.63) is 76.8 Å². The van der Waals surface area contributed by atoms with Crippen molar-refractivity contribution in [2.24, 2.45) is 5.73 Å². The van der Waals surface area contributed by atoms with Crippen LogP contribution in [0.5, 0.6) is 0 Å². The highest BCUT2D eigenvalue weighted by Gasteiger charge is 2.31. The number of nitrogens with two attached hydrogens (primary N) is 1. The first-order valence-corrected chi connectivity index (χ1v) is 12.0. The van der Waals surface area contributed by atoms with E-state index >= 15 is 0 Å². The number of fused-ring (bicyclic) bond motifs is 1. The Morgan fingerprint density at radius 1 is 1.00 bits per heavy atom. The molecule has 0 unspecified atom stereocenters. The molecule has 166 valence electrons. The normalized spacial score (nSPS) is 15.7. The monoisotopic (exact) mass is 470 g/mol. The van der Waals surface area contributed by atoms with Gasteiger partial charge in [-0.3, -0.25) is 10.2 Å². The van der Waals surface area contributed by atoms with Gasteiger partial charge in [0.2, 0.25) is 15.9 Å². The fraction of sp³-hybridized carbons (Fsp3) is 0.217. The summed E-state index contributed by atoms with van der Waals surface area (Å²) in [6.07, 6.45) is 0.541. The number of halogens is 1. The molecule has 1 aliphatic rings.